The second-order valence-electron chi connectivity index (χ2n) is 5.43. The minimum atomic E-state index is -0.306. The van der Waals surface area contributed by atoms with Crippen LogP contribution in [0.2, 0.25) is 0 Å². The van der Waals surface area contributed by atoms with Crippen LogP contribution in [0.25, 0.3) is 0 Å². The van der Waals surface area contributed by atoms with Crippen LogP contribution < -0.4 is 0 Å². The summed E-state index contributed by atoms with van der Waals surface area (Å²) < 4.78 is 0. The summed E-state index contributed by atoms with van der Waals surface area (Å²) in [6, 6.07) is 4.00. The lowest BCUT2D eigenvalue weighted by Crippen LogP contribution is -2.37. The standard InChI is InChI=1S/C13H22N2O/c1-13(2,3)12(16)10-15(4)9-11-5-7-14-8-6-11/h5-8,12,16H,9-10H2,1-4H3. The van der Waals surface area contributed by atoms with Crippen molar-refractivity contribution >= 4 is 0 Å². The number of aliphatic hydroxyl groups is 1. The molecule has 1 rings (SSSR count). The zero-order chi connectivity index (χ0) is 12.2. The fraction of sp³-hybridized carbons (Fsp3) is 0.615. The molecule has 0 aliphatic heterocycles. The highest BCUT2D eigenvalue weighted by molar-refractivity contribution is 5.09. The fourth-order valence-electron chi connectivity index (χ4n) is 1.43. The highest BCUT2D eigenvalue weighted by Gasteiger charge is 2.23. The van der Waals surface area contributed by atoms with Gasteiger partial charge in [-0.1, -0.05) is 20.8 Å². The second kappa shape index (κ2) is 5.41. The van der Waals surface area contributed by atoms with Crippen molar-refractivity contribution in [3.8, 4) is 0 Å². The Labute approximate surface area is 98.1 Å². The van der Waals surface area contributed by atoms with Gasteiger partial charge in [0.1, 0.15) is 0 Å². The number of aliphatic hydroxyl groups excluding tert-OH is 1. The average molecular weight is 222 g/mol. The van der Waals surface area contributed by atoms with Crippen LogP contribution in [0.1, 0.15) is 26.3 Å². The molecule has 90 valence electrons. The van der Waals surface area contributed by atoms with Gasteiger partial charge in [0.2, 0.25) is 0 Å². The van der Waals surface area contributed by atoms with Crippen LogP contribution in [0.3, 0.4) is 0 Å². The Morgan fingerprint density at radius 2 is 1.88 bits per heavy atom. The van der Waals surface area contributed by atoms with Gasteiger partial charge in [-0.15, -0.1) is 0 Å². The predicted octanol–water partition coefficient (Wildman–Crippen LogP) is 1.92. The molecule has 0 aliphatic carbocycles. The molecule has 0 aliphatic rings. The molecule has 0 radical (unpaired) electrons. The highest BCUT2D eigenvalue weighted by atomic mass is 16.3. The van der Waals surface area contributed by atoms with Crippen molar-refractivity contribution in [3.05, 3.63) is 30.1 Å². The maximum absolute atomic E-state index is 9.98. The van der Waals surface area contributed by atoms with Crippen molar-refractivity contribution in [1.82, 2.24) is 9.88 Å². The summed E-state index contributed by atoms with van der Waals surface area (Å²) in [7, 11) is 2.02. The van der Waals surface area contributed by atoms with Gasteiger partial charge in [0, 0.05) is 25.5 Å². The van der Waals surface area contributed by atoms with Crippen molar-refractivity contribution in [1.29, 1.82) is 0 Å². The number of likely N-dealkylation sites (N-methyl/N-ethyl adjacent to an activating group) is 1. The summed E-state index contributed by atoms with van der Waals surface area (Å²) in [5, 5.41) is 9.98. The molecular weight excluding hydrogens is 200 g/mol. The first-order chi connectivity index (χ1) is 7.39. The molecule has 16 heavy (non-hydrogen) atoms. The maximum atomic E-state index is 9.98. The van der Waals surface area contributed by atoms with E-state index in [-0.39, 0.29) is 11.5 Å². The third-order valence-corrected chi connectivity index (χ3v) is 2.69. The lowest BCUT2D eigenvalue weighted by atomic mass is 9.89. The van der Waals surface area contributed by atoms with Gasteiger partial charge in [0.15, 0.2) is 0 Å². The molecule has 0 fully saturated rings. The molecule has 0 saturated heterocycles. The van der Waals surface area contributed by atoms with E-state index >= 15 is 0 Å². The molecule has 1 N–H and O–H groups in total. The zero-order valence-electron chi connectivity index (χ0n) is 10.6. The number of hydrogen-bond donors (Lipinski definition) is 1. The summed E-state index contributed by atoms with van der Waals surface area (Å²) in [6.07, 6.45) is 3.28. The summed E-state index contributed by atoms with van der Waals surface area (Å²) >= 11 is 0. The summed E-state index contributed by atoms with van der Waals surface area (Å²) in [6.45, 7) is 7.69. The molecule has 1 unspecified atom stereocenters. The van der Waals surface area contributed by atoms with Gasteiger partial charge >= 0.3 is 0 Å². The Bertz CT molecular complexity index is 305. The maximum Gasteiger partial charge on any atom is 0.0715 e. The van der Waals surface area contributed by atoms with E-state index in [4.69, 9.17) is 0 Å². The molecule has 1 heterocycles. The Balaban J connectivity index is 2.45. The van der Waals surface area contributed by atoms with E-state index in [9.17, 15) is 5.11 Å². The Morgan fingerprint density at radius 1 is 1.31 bits per heavy atom. The van der Waals surface area contributed by atoms with Gasteiger partial charge in [0.05, 0.1) is 6.10 Å². The van der Waals surface area contributed by atoms with Gasteiger partial charge < -0.3 is 5.11 Å². The zero-order valence-corrected chi connectivity index (χ0v) is 10.6. The molecule has 0 aromatic carbocycles. The van der Waals surface area contributed by atoms with Gasteiger partial charge in [0.25, 0.3) is 0 Å². The smallest absolute Gasteiger partial charge is 0.0715 e. The van der Waals surface area contributed by atoms with Crippen LogP contribution in [0.4, 0.5) is 0 Å². The third kappa shape index (κ3) is 4.29. The number of pyridine rings is 1. The number of nitrogens with zero attached hydrogens (tertiary/aromatic N) is 2. The number of aromatic nitrogens is 1. The predicted molar refractivity (Wildman–Crippen MR) is 66.0 cm³/mol. The van der Waals surface area contributed by atoms with Crippen LogP contribution in [-0.4, -0.2) is 34.7 Å². The molecule has 1 aromatic rings. The van der Waals surface area contributed by atoms with Gasteiger partial charge in [-0.25, -0.2) is 0 Å². The van der Waals surface area contributed by atoms with Crippen LogP contribution in [0.5, 0.6) is 0 Å². The monoisotopic (exact) mass is 222 g/mol. The first-order valence-electron chi connectivity index (χ1n) is 5.65. The van der Waals surface area contributed by atoms with Crippen LogP contribution >= 0.6 is 0 Å². The Morgan fingerprint density at radius 3 is 2.38 bits per heavy atom. The van der Waals surface area contributed by atoms with E-state index in [1.807, 2.05) is 19.2 Å². The van der Waals surface area contributed by atoms with E-state index in [1.165, 1.54) is 5.56 Å². The van der Waals surface area contributed by atoms with E-state index in [0.29, 0.717) is 6.54 Å². The number of hydrogen-bond acceptors (Lipinski definition) is 3. The van der Waals surface area contributed by atoms with Gasteiger partial charge in [-0.2, -0.15) is 0 Å². The highest BCUT2D eigenvalue weighted by Crippen LogP contribution is 2.19. The molecule has 3 nitrogen and oxygen atoms in total. The summed E-state index contributed by atoms with van der Waals surface area (Å²) in [5.74, 6) is 0. The van der Waals surface area contributed by atoms with Crippen molar-refractivity contribution in [3.63, 3.8) is 0 Å². The normalized spacial score (nSPS) is 14.1. The van der Waals surface area contributed by atoms with E-state index in [0.717, 1.165) is 6.54 Å². The quantitative estimate of drug-likeness (QED) is 0.845. The molecule has 0 spiro atoms. The lowest BCUT2D eigenvalue weighted by molar-refractivity contribution is 0.0333. The molecular formula is C13H22N2O. The molecule has 0 saturated carbocycles. The molecule has 1 aromatic heterocycles. The van der Waals surface area contributed by atoms with Crippen molar-refractivity contribution in [2.45, 2.75) is 33.4 Å². The molecule has 1 atom stereocenters. The Hall–Kier alpha value is -0.930. The van der Waals surface area contributed by atoms with Gasteiger partial charge in [-0.3, -0.25) is 9.88 Å². The third-order valence-electron chi connectivity index (χ3n) is 2.69. The van der Waals surface area contributed by atoms with E-state index in [2.05, 4.69) is 30.7 Å². The second-order valence-corrected chi connectivity index (χ2v) is 5.43. The van der Waals surface area contributed by atoms with E-state index < -0.39 is 0 Å². The van der Waals surface area contributed by atoms with Crippen molar-refractivity contribution in [2.75, 3.05) is 13.6 Å². The van der Waals surface area contributed by atoms with Crippen molar-refractivity contribution < 1.29 is 5.11 Å². The largest absolute Gasteiger partial charge is 0.391 e. The summed E-state index contributed by atoms with van der Waals surface area (Å²) in [4.78, 5) is 6.12. The first-order valence-corrected chi connectivity index (χ1v) is 5.65. The average Bonchev–Trinajstić information content (AvgIpc) is 2.17. The lowest BCUT2D eigenvalue weighted by Gasteiger charge is -2.29. The van der Waals surface area contributed by atoms with Crippen molar-refractivity contribution in [2.24, 2.45) is 5.41 Å². The van der Waals surface area contributed by atoms with Crippen LogP contribution in [0.15, 0.2) is 24.5 Å². The topological polar surface area (TPSA) is 36.4 Å². The Kier molecular flexibility index (Phi) is 4.44. The fourth-order valence-corrected chi connectivity index (χ4v) is 1.43. The molecule has 0 amide bonds. The van der Waals surface area contributed by atoms with E-state index in [1.54, 1.807) is 12.4 Å². The minimum absolute atomic E-state index is 0.0630. The molecule has 3 heteroatoms. The summed E-state index contributed by atoms with van der Waals surface area (Å²) in [5.41, 5.74) is 1.16. The minimum Gasteiger partial charge on any atom is -0.391 e. The molecule has 0 bridgehead atoms. The van der Waals surface area contributed by atoms with Gasteiger partial charge in [-0.05, 0) is 30.2 Å². The first kappa shape index (κ1) is 13.1. The van der Waals surface area contributed by atoms with Crippen LogP contribution in [-0.2, 0) is 6.54 Å². The SMILES string of the molecule is CN(Cc1ccncc1)CC(O)C(C)(C)C. The number of rotatable bonds is 4. The van der Waals surface area contributed by atoms with Crippen LogP contribution in [0, 0.1) is 5.41 Å².